The molecule has 0 bridgehead atoms. The molecule has 1 atom stereocenters. The third-order valence-electron chi connectivity index (χ3n) is 5.18. The van der Waals surface area contributed by atoms with Crippen LogP contribution in [0.25, 0.3) is 0 Å². The molecule has 4 heteroatoms. The lowest BCUT2D eigenvalue weighted by atomic mass is 9.97. The van der Waals surface area contributed by atoms with Gasteiger partial charge in [0.2, 0.25) is 0 Å². The molecule has 2 heterocycles. The summed E-state index contributed by atoms with van der Waals surface area (Å²) in [7, 11) is 0. The maximum atomic E-state index is 13.2. The Morgan fingerprint density at radius 1 is 1.31 bits per heavy atom. The second kappa shape index (κ2) is 8.45. The number of amides is 1. The van der Waals surface area contributed by atoms with Gasteiger partial charge in [0.05, 0.1) is 12.2 Å². The number of aromatic nitrogens is 1. The average Bonchev–Trinajstić information content (AvgIpc) is 3.13. The van der Waals surface area contributed by atoms with Gasteiger partial charge in [0, 0.05) is 17.8 Å². The number of carbonyl (C=O) groups is 1. The lowest BCUT2D eigenvalue weighted by Crippen LogP contribution is -2.37. The van der Waals surface area contributed by atoms with E-state index in [1.54, 1.807) is 6.20 Å². The Hall–Kier alpha value is -2.20. The van der Waals surface area contributed by atoms with Gasteiger partial charge in [-0.15, -0.1) is 0 Å². The fourth-order valence-corrected chi connectivity index (χ4v) is 3.55. The normalized spacial score (nSPS) is 16.8. The summed E-state index contributed by atoms with van der Waals surface area (Å²) in [6.45, 7) is 8.89. The maximum Gasteiger partial charge on any atom is 0.254 e. The lowest BCUT2D eigenvalue weighted by Gasteiger charge is -2.27. The van der Waals surface area contributed by atoms with Crippen LogP contribution in [0.4, 0.5) is 0 Å². The van der Waals surface area contributed by atoms with Crippen molar-refractivity contribution in [1.29, 1.82) is 0 Å². The zero-order valence-corrected chi connectivity index (χ0v) is 16.0. The first-order chi connectivity index (χ1) is 12.5. The molecular formula is C22H29N3O. The minimum atomic E-state index is 0.0800. The van der Waals surface area contributed by atoms with E-state index in [9.17, 15) is 4.79 Å². The van der Waals surface area contributed by atoms with Crippen molar-refractivity contribution in [1.82, 2.24) is 15.2 Å². The average molecular weight is 351 g/mol. The number of hydrogen-bond acceptors (Lipinski definition) is 3. The summed E-state index contributed by atoms with van der Waals surface area (Å²) < 4.78 is 0. The second-order valence-corrected chi connectivity index (χ2v) is 7.56. The summed E-state index contributed by atoms with van der Waals surface area (Å²) >= 11 is 0. The van der Waals surface area contributed by atoms with Crippen molar-refractivity contribution >= 4 is 5.91 Å². The Kier molecular flexibility index (Phi) is 6.04. The van der Waals surface area contributed by atoms with Crippen LogP contribution in [0, 0.1) is 12.8 Å². The lowest BCUT2D eigenvalue weighted by molar-refractivity contribution is 0.0687. The molecule has 26 heavy (non-hydrogen) atoms. The first kappa shape index (κ1) is 18.6. The molecule has 138 valence electrons. The van der Waals surface area contributed by atoms with E-state index in [0.717, 1.165) is 36.3 Å². The Labute approximate surface area is 156 Å². The van der Waals surface area contributed by atoms with Crippen LogP contribution < -0.4 is 5.32 Å². The molecule has 1 unspecified atom stereocenters. The molecule has 2 aromatic rings. The van der Waals surface area contributed by atoms with Crippen LogP contribution in [0.5, 0.6) is 0 Å². The molecule has 3 rings (SSSR count). The molecule has 1 amide bonds. The monoisotopic (exact) mass is 351 g/mol. The van der Waals surface area contributed by atoms with Gasteiger partial charge in [-0.1, -0.05) is 18.2 Å². The van der Waals surface area contributed by atoms with Crippen molar-refractivity contribution in [2.75, 3.05) is 13.1 Å². The maximum absolute atomic E-state index is 13.2. The van der Waals surface area contributed by atoms with Gasteiger partial charge in [-0.3, -0.25) is 9.78 Å². The van der Waals surface area contributed by atoms with Gasteiger partial charge in [-0.2, -0.15) is 0 Å². The highest BCUT2D eigenvalue weighted by Gasteiger charge is 2.21. The van der Waals surface area contributed by atoms with Crippen molar-refractivity contribution in [3.63, 3.8) is 0 Å². The minimum Gasteiger partial charge on any atom is -0.330 e. The number of pyridine rings is 1. The van der Waals surface area contributed by atoms with Crippen molar-refractivity contribution in [3.8, 4) is 0 Å². The van der Waals surface area contributed by atoms with Crippen LogP contribution in [0.15, 0.2) is 42.6 Å². The quantitative estimate of drug-likeness (QED) is 0.865. The van der Waals surface area contributed by atoms with Gasteiger partial charge in [-0.25, -0.2) is 0 Å². The standard InChI is InChI=1S/C22H29N3O/c1-16(2)25(15-21-17(3)6-5-10-24-21)22(26)20-8-4-7-18(13-20)12-19-9-11-23-14-19/h4-8,10,13,16,19,23H,9,11-12,14-15H2,1-3H3. The zero-order chi connectivity index (χ0) is 18.5. The summed E-state index contributed by atoms with van der Waals surface area (Å²) in [5, 5.41) is 3.41. The molecule has 1 aliphatic rings. The van der Waals surface area contributed by atoms with E-state index in [2.05, 4.69) is 36.3 Å². The fraction of sp³-hybridized carbons (Fsp3) is 0.455. The Morgan fingerprint density at radius 3 is 2.85 bits per heavy atom. The smallest absolute Gasteiger partial charge is 0.254 e. The summed E-state index contributed by atoms with van der Waals surface area (Å²) in [6.07, 6.45) is 4.05. The van der Waals surface area contributed by atoms with E-state index >= 15 is 0 Å². The number of carbonyl (C=O) groups excluding carboxylic acids is 1. The highest BCUT2D eigenvalue weighted by molar-refractivity contribution is 5.94. The van der Waals surface area contributed by atoms with E-state index in [1.165, 1.54) is 12.0 Å². The minimum absolute atomic E-state index is 0.0800. The van der Waals surface area contributed by atoms with Crippen molar-refractivity contribution in [2.24, 2.45) is 5.92 Å². The van der Waals surface area contributed by atoms with Crippen LogP contribution in [0.1, 0.15) is 47.4 Å². The van der Waals surface area contributed by atoms with Crippen LogP contribution in [-0.4, -0.2) is 34.9 Å². The molecule has 1 aliphatic heterocycles. The van der Waals surface area contributed by atoms with E-state index in [4.69, 9.17) is 0 Å². The van der Waals surface area contributed by atoms with Gasteiger partial charge < -0.3 is 10.2 Å². The third kappa shape index (κ3) is 4.50. The molecule has 1 N–H and O–H groups in total. The Balaban J connectivity index is 1.77. The third-order valence-corrected chi connectivity index (χ3v) is 5.18. The summed E-state index contributed by atoms with van der Waals surface area (Å²) in [6, 6.07) is 12.2. The molecule has 1 aromatic carbocycles. The van der Waals surface area contributed by atoms with Crippen LogP contribution in [0.2, 0.25) is 0 Å². The van der Waals surface area contributed by atoms with Gasteiger partial charge in [-0.05, 0) is 81.9 Å². The first-order valence-corrected chi connectivity index (χ1v) is 9.55. The predicted molar refractivity (Wildman–Crippen MR) is 105 cm³/mol. The van der Waals surface area contributed by atoms with Gasteiger partial charge >= 0.3 is 0 Å². The van der Waals surface area contributed by atoms with Crippen LogP contribution in [-0.2, 0) is 13.0 Å². The van der Waals surface area contributed by atoms with Crippen molar-refractivity contribution in [2.45, 2.75) is 46.2 Å². The number of benzene rings is 1. The predicted octanol–water partition coefficient (Wildman–Crippen LogP) is 3.59. The van der Waals surface area contributed by atoms with E-state index < -0.39 is 0 Å². The number of nitrogens with one attached hydrogen (secondary N) is 1. The Morgan fingerprint density at radius 2 is 2.15 bits per heavy atom. The molecule has 0 radical (unpaired) electrons. The SMILES string of the molecule is Cc1cccnc1CN(C(=O)c1cccc(CC2CCNC2)c1)C(C)C. The number of rotatable bonds is 6. The highest BCUT2D eigenvalue weighted by atomic mass is 16.2. The number of nitrogens with zero attached hydrogens (tertiary/aromatic N) is 2. The van der Waals surface area contributed by atoms with Crippen LogP contribution in [0.3, 0.4) is 0 Å². The van der Waals surface area contributed by atoms with Crippen molar-refractivity contribution in [3.05, 3.63) is 65.0 Å². The molecule has 1 fully saturated rings. The zero-order valence-electron chi connectivity index (χ0n) is 16.0. The van der Waals surface area contributed by atoms with Gasteiger partial charge in [0.25, 0.3) is 5.91 Å². The van der Waals surface area contributed by atoms with Crippen LogP contribution >= 0.6 is 0 Å². The largest absolute Gasteiger partial charge is 0.330 e. The molecule has 1 aromatic heterocycles. The molecule has 1 saturated heterocycles. The summed E-state index contributed by atoms with van der Waals surface area (Å²) in [4.78, 5) is 19.5. The fourth-order valence-electron chi connectivity index (χ4n) is 3.55. The Bertz CT molecular complexity index is 751. The number of aryl methyl sites for hydroxylation is 1. The molecular weight excluding hydrogens is 322 g/mol. The summed E-state index contributed by atoms with van der Waals surface area (Å²) in [5.41, 5.74) is 4.11. The molecule has 0 aliphatic carbocycles. The first-order valence-electron chi connectivity index (χ1n) is 9.55. The second-order valence-electron chi connectivity index (χ2n) is 7.56. The highest BCUT2D eigenvalue weighted by Crippen LogP contribution is 2.19. The van der Waals surface area contributed by atoms with Crippen molar-refractivity contribution < 1.29 is 4.79 Å². The topological polar surface area (TPSA) is 45.2 Å². The molecule has 0 spiro atoms. The van der Waals surface area contributed by atoms with Gasteiger partial charge in [0.1, 0.15) is 0 Å². The number of hydrogen-bond donors (Lipinski definition) is 1. The van der Waals surface area contributed by atoms with E-state index in [1.807, 2.05) is 36.1 Å². The van der Waals surface area contributed by atoms with E-state index in [0.29, 0.717) is 12.5 Å². The van der Waals surface area contributed by atoms with E-state index in [-0.39, 0.29) is 11.9 Å². The summed E-state index contributed by atoms with van der Waals surface area (Å²) in [5.74, 6) is 0.758. The molecule has 4 nitrogen and oxygen atoms in total. The molecule has 0 saturated carbocycles. The van der Waals surface area contributed by atoms with Gasteiger partial charge in [0.15, 0.2) is 0 Å².